The Kier molecular flexibility index (Phi) is 6.07. The Morgan fingerprint density at radius 3 is 2.52 bits per heavy atom. The highest BCUT2D eigenvalue weighted by molar-refractivity contribution is 7.17. The van der Waals surface area contributed by atoms with Crippen LogP contribution in [0.25, 0.3) is 21.3 Å². The predicted molar refractivity (Wildman–Crippen MR) is 123 cm³/mol. The van der Waals surface area contributed by atoms with Crippen molar-refractivity contribution in [3.63, 3.8) is 0 Å². The van der Waals surface area contributed by atoms with E-state index in [4.69, 9.17) is 0 Å². The molecule has 2 heterocycles. The molecule has 170 valence electrons. The fourth-order valence-electron chi connectivity index (χ4n) is 3.56. The maximum atomic E-state index is 13.3. The molecular formula is C24H20F3N3O2S. The Labute approximate surface area is 191 Å². The van der Waals surface area contributed by atoms with Crippen LogP contribution in [0.15, 0.2) is 65.0 Å². The van der Waals surface area contributed by atoms with Crippen molar-refractivity contribution in [1.29, 1.82) is 0 Å². The van der Waals surface area contributed by atoms with E-state index in [2.05, 4.69) is 17.2 Å². The number of nitrogens with zero attached hydrogens (tertiary/aromatic N) is 2. The number of carbonyl (C=O) groups excluding carboxylic acids is 1. The molecule has 1 atom stereocenters. The van der Waals surface area contributed by atoms with Gasteiger partial charge in [0.15, 0.2) is 0 Å². The van der Waals surface area contributed by atoms with Crippen molar-refractivity contribution in [1.82, 2.24) is 9.55 Å². The highest BCUT2D eigenvalue weighted by atomic mass is 32.1. The summed E-state index contributed by atoms with van der Waals surface area (Å²) in [6.07, 6.45) is -2.47. The molecule has 0 aliphatic rings. The van der Waals surface area contributed by atoms with E-state index in [0.717, 1.165) is 22.6 Å². The van der Waals surface area contributed by atoms with Crippen LogP contribution in [-0.2, 0) is 17.4 Å². The first kappa shape index (κ1) is 22.7. The number of rotatable bonds is 5. The van der Waals surface area contributed by atoms with Crippen LogP contribution in [0.2, 0.25) is 0 Å². The predicted octanol–water partition coefficient (Wildman–Crippen LogP) is 5.91. The SMILES string of the molecule is CCc1ccc(-c2csc3ncn(C(C)C(=O)Nc4ccccc4C(F)(F)F)c(=O)c23)cc1. The lowest BCUT2D eigenvalue weighted by molar-refractivity contribution is -0.137. The standard InChI is InChI=1S/C24H20F3N3O2S/c1-3-15-8-10-16(11-9-15)17-12-33-22-20(17)23(32)30(13-28-22)14(2)21(31)29-19-7-5-4-6-18(19)24(25,26)27/h4-14H,3H2,1-2H3,(H,29,31). The summed E-state index contributed by atoms with van der Waals surface area (Å²) < 4.78 is 40.9. The summed E-state index contributed by atoms with van der Waals surface area (Å²) in [4.78, 5) is 30.9. The summed E-state index contributed by atoms with van der Waals surface area (Å²) in [5.41, 5.74) is 0.977. The number of aryl methyl sites for hydroxylation is 1. The second kappa shape index (κ2) is 8.82. The summed E-state index contributed by atoms with van der Waals surface area (Å²) in [6.45, 7) is 3.50. The smallest absolute Gasteiger partial charge is 0.324 e. The maximum absolute atomic E-state index is 13.3. The molecule has 5 nitrogen and oxygen atoms in total. The quantitative estimate of drug-likeness (QED) is 0.394. The van der Waals surface area contributed by atoms with Crippen molar-refractivity contribution in [2.75, 3.05) is 5.32 Å². The Hall–Kier alpha value is -3.46. The number of amides is 1. The molecule has 4 aromatic rings. The van der Waals surface area contributed by atoms with Crippen molar-refractivity contribution in [3.05, 3.63) is 81.7 Å². The maximum Gasteiger partial charge on any atom is 0.418 e. The number of hydrogen-bond acceptors (Lipinski definition) is 4. The van der Waals surface area contributed by atoms with E-state index < -0.39 is 29.2 Å². The number of carbonyl (C=O) groups is 1. The molecule has 0 saturated carbocycles. The molecule has 0 aliphatic carbocycles. The molecule has 33 heavy (non-hydrogen) atoms. The number of halogens is 3. The minimum atomic E-state index is -4.62. The molecule has 0 radical (unpaired) electrons. The van der Waals surface area contributed by atoms with E-state index in [-0.39, 0.29) is 5.69 Å². The third kappa shape index (κ3) is 4.41. The van der Waals surface area contributed by atoms with Gasteiger partial charge in [-0.1, -0.05) is 43.3 Å². The normalized spacial score (nSPS) is 12.6. The van der Waals surface area contributed by atoms with Crippen LogP contribution in [0.1, 0.15) is 31.0 Å². The number of para-hydroxylation sites is 1. The zero-order chi connectivity index (χ0) is 23.8. The van der Waals surface area contributed by atoms with Gasteiger partial charge in [-0.3, -0.25) is 14.2 Å². The van der Waals surface area contributed by atoms with Gasteiger partial charge >= 0.3 is 6.18 Å². The molecule has 2 aromatic carbocycles. The van der Waals surface area contributed by atoms with Crippen LogP contribution in [0.4, 0.5) is 18.9 Å². The first-order chi connectivity index (χ1) is 15.7. The number of benzene rings is 2. The van der Waals surface area contributed by atoms with Crippen LogP contribution in [0.3, 0.4) is 0 Å². The molecule has 0 fully saturated rings. The average Bonchev–Trinajstić information content (AvgIpc) is 3.23. The average molecular weight is 472 g/mol. The number of aromatic nitrogens is 2. The van der Waals surface area contributed by atoms with Crippen LogP contribution in [0, 0.1) is 0 Å². The largest absolute Gasteiger partial charge is 0.418 e. The molecule has 1 amide bonds. The summed E-state index contributed by atoms with van der Waals surface area (Å²) >= 11 is 1.32. The summed E-state index contributed by atoms with van der Waals surface area (Å²) in [7, 11) is 0. The topological polar surface area (TPSA) is 64.0 Å². The van der Waals surface area contributed by atoms with Crippen molar-refractivity contribution >= 4 is 33.1 Å². The van der Waals surface area contributed by atoms with Gasteiger partial charge < -0.3 is 5.32 Å². The van der Waals surface area contributed by atoms with E-state index in [1.54, 1.807) is 0 Å². The Morgan fingerprint density at radius 1 is 1.15 bits per heavy atom. The minimum absolute atomic E-state index is 0.365. The van der Waals surface area contributed by atoms with Gasteiger partial charge in [-0.15, -0.1) is 11.3 Å². The van der Waals surface area contributed by atoms with Crippen LogP contribution < -0.4 is 10.9 Å². The lowest BCUT2D eigenvalue weighted by Crippen LogP contribution is -2.32. The summed E-state index contributed by atoms with van der Waals surface area (Å²) in [6, 6.07) is 11.5. The Balaban J connectivity index is 1.69. The highest BCUT2D eigenvalue weighted by Crippen LogP contribution is 2.35. The van der Waals surface area contributed by atoms with Gasteiger partial charge in [0, 0.05) is 10.9 Å². The number of hydrogen-bond donors (Lipinski definition) is 1. The molecular weight excluding hydrogens is 451 g/mol. The van der Waals surface area contributed by atoms with Crippen LogP contribution in [-0.4, -0.2) is 15.5 Å². The Bertz CT molecular complexity index is 1370. The summed E-state index contributed by atoms with van der Waals surface area (Å²) in [5.74, 6) is -0.751. The van der Waals surface area contributed by atoms with Crippen molar-refractivity contribution in [2.24, 2.45) is 0 Å². The molecule has 2 aromatic heterocycles. The molecule has 0 bridgehead atoms. The van der Waals surface area contributed by atoms with Crippen molar-refractivity contribution in [3.8, 4) is 11.1 Å². The van der Waals surface area contributed by atoms with Gasteiger partial charge in [-0.05, 0) is 36.6 Å². The van der Waals surface area contributed by atoms with Crippen molar-refractivity contribution in [2.45, 2.75) is 32.5 Å². The van der Waals surface area contributed by atoms with E-state index in [0.29, 0.717) is 15.8 Å². The first-order valence-corrected chi connectivity index (χ1v) is 11.1. The Morgan fingerprint density at radius 2 is 1.85 bits per heavy atom. The van der Waals surface area contributed by atoms with Gasteiger partial charge in [0.1, 0.15) is 10.9 Å². The molecule has 1 unspecified atom stereocenters. The minimum Gasteiger partial charge on any atom is -0.324 e. The molecule has 9 heteroatoms. The lowest BCUT2D eigenvalue weighted by Gasteiger charge is -2.18. The second-order valence-corrected chi connectivity index (χ2v) is 8.40. The first-order valence-electron chi connectivity index (χ1n) is 10.3. The molecule has 4 rings (SSSR count). The van der Waals surface area contributed by atoms with E-state index in [1.165, 1.54) is 48.4 Å². The highest BCUT2D eigenvalue weighted by Gasteiger charge is 2.34. The van der Waals surface area contributed by atoms with E-state index in [9.17, 15) is 22.8 Å². The number of alkyl halides is 3. The number of anilines is 1. The van der Waals surface area contributed by atoms with Gasteiger partial charge in [-0.2, -0.15) is 13.2 Å². The summed E-state index contributed by atoms with van der Waals surface area (Å²) in [5, 5.41) is 4.52. The van der Waals surface area contributed by atoms with Gasteiger partial charge in [0.25, 0.3) is 5.56 Å². The molecule has 0 saturated heterocycles. The third-order valence-electron chi connectivity index (χ3n) is 5.48. The van der Waals surface area contributed by atoms with E-state index in [1.807, 2.05) is 29.6 Å². The lowest BCUT2D eigenvalue weighted by atomic mass is 10.0. The molecule has 0 spiro atoms. The van der Waals surface area contributed by atoms with Crippen LogP contribution >= 0.6 is 11.3 Å². The number of fused-ring (bicyclic) bond motifs is 1. The number of nitrogens with one attached hydrogen (secondary N) is 1. The van der Waals surface area contributed by atoms with E-state index >= 15 is 0 Å². The molecule has 1 N–H and O–H groups in total. The van der Waals surface area contributed by atoms with Gasteiger partial charge in [0.2, 0.25) is 5.91 Å². The van der Waals surface area contributed by atoms with Crippen molar-refractivity contribution < 1.29 is 18.0 Å². The van der Waals surface area contributed by atoms with Crippen LogP contribution in [0.5, 0.6) is 0 Å². The fourth-order valence-corrected chi connectivity index (χ4v) is 4.46. The second-order valence-electron chi connectivity index (χ2n) is 7.55. The monoisotopic (exact) mass is 471 g/mol. The third-order valence-corrected chi connectivity index (χ3v) is 6.37. The van der Waals surface area contributed by atoms with Gasteiger partial charge in [-0.25, -0.2) is 4.98 Å². The fraction of sp³-hybridized carbons (Fsp3) is 0.208. The number of thiophene rings is 1. The van der Waals surface area contributed by atoms with Gasteiger partial charge in [0.05, 0.1) is 23.0 Å². The zero-order valence-corrected chi connectivity index (χ0v) is 18.6. The molecule has 0 aliphatic heterocycles. The zero-order valence-electron chi connectivity index (χ0n) is 17.8.